The predicted molar refractivity (Wildman–Crippen MR) is 70.6 cm³/mol. The number of rotatable bonds is 7. The van der Waals surface area contributed by atoms with E-state index in [9.17, 15) is 0 Å². The Kier molecular flexibility index (Phi) is 5.73. The number of nitrogens with one attached hydrogen (secondary N) is 1. The summed E-state index contributed by atoms with van der Waals surface area (Å²) in [5.41, 5.74) is 1.07. The Balaban J connectivity index is 2.86. The Morgan fingerprint density at radius 3 is 2.65 bits per heavy atom. The third kappa shape index (κ3) is 3.88. The molecule has 1 N–H and O–H groups in total. The van der Waals surface area contributed by atoms with E-state index in [1.165, 1.54) is 0 Å². The maximum atomic E-state index is 5.87. The van der Waals surface area contributed by atoms with Crippen LogP contribution in [0.15, 0.2) is 6.33 Å². The van der Waals surface area contributed by atoms with Crippen molar-refractivity contribution < 1.29 is 4.74 Å². The summed E-state index contributed by atoms with van der Waals surface area (Å²) in [6.07, 6.45) is 4.80. The molecule has 0 bridgehead atoms. The third-order valence-electron chi connectivity index (χ3n) is 2.61. The van der Waals surface area contributed by atoms with E-state index < -0.39 is 0 Å². The molecule has 17 heavy (non-hydrogen) atoms. The van der Waals surface area contributed by atoms with Crippen LogP contribution in [-0.4, -0.2) is 22.6 Å². The van der Waals surface area contributed by atoms with Crippen LogP contribution in [-0.2, 0) is 6.42 Å². The van der Waals surface area contributed by atoms with Crippen molar-refractivity contribution >= 4 is 5.82 Å². The van der Waals surface area contributed by atoms with Gasteiger partial charge in [-0.2, -0.15) is 0 Å². The zero-order valence-electron chi connectivity index (χ0n) is 11.3. The minimum absolute atomic E-state index is 0.203. The van der Waals surface area contributed by atoms with E-state index in [0.29, 0.717) is 0 Å². The first kappa shape index (κ1) is 13.7. The molecule has 0 spiro atoms. The van der Waals surface area contributed by atoms with Gasteiger partial charge in [0.05, 0.1) is 11.7 Å². The molecule has 4 heteroatoms. The molecule has 0 aliphatic heterocycles. The fourth-order valence-electron chi connectivity index (χ4n) is 1.79. The van der Waals surface area contributed by atoms with E-state index in [-0.39, 0.29) is 6.10 Å². The molecule has 1 atom stereocenters. The van der Waals surface area contributed by atoms with Crippen LogP contribution in [0.1, 0.15) is 46.1 Å². The van der Waals surface area contributed by atoms with E-state index in [2.05, 4.69) is 43.0 Å². The van der Waals surface area contributed by atoms with Crippen molar-refractivity contribution in [2.45, 2.75) is 53.1 Å². The molecule has 96 valence electrons. The quantitative estimate of drug-likeness (QED) is 0.791. The molecule has 0 aliphatic carbocycles. The van der Waals surface area contributed by atoms with Crippen molar-refractivity contribution in [2.24, 2.45) is 0 Å². The molecule has 0 saturated carbocycles. The Morgan fingerprint density at radius 2 is 2.06 bits per heavy atom. The molecule has 0 saturated heterocycles. The van der Waals surface area contributed by atoms with Crippen LogP contribution in [0.5, 0.6) is 5.88 Å². The first-order valence-corrected chi connectivity index (χ1v) is 6.47. The molecule has 0 aromatic carbocycles. The molecule has 4 nitrogen and oxygen atoms in total. The number of ether oxygens (including phenoxy) is 1. The first-order chi connectivity index (χ1) is 8.22. The summed E-state index contributed by atoms with van der Waals surface area (Å²) in [7, 11) is 0. The van der Waals surface area contributed by atoms with Crippen LogP contribution < -0.4 is 10.1 Å². The summed E-state index contributed by atoms with van der Waals surface area (Å²) in [6, 6.07) is 0. The van der Waals surface area contributed by atoms with Gasteiger partial charge in [-0.25, -0.2) is 9.97 Å². The standard InChI is InChI=1S/C13H23N3O/c1-5-8-10(4)17-13-11(6-2)12(14-7-3)15-9-16-13/h9-10H,5-8H2,1-4H3,(H,14,15,16). The van der Waals surface area contributed by atoms with Crippen molar-refractivity contribution in [3.63, 3.8) is 0 Å². The first-order valence-electron chi connectivity index (χ1n) is 6.47. The fourth-order valence-corrected chi connectivity index (χ4v) is 1.79. The largest absolute Gasteiger partial charge is 0.474 e. The Bertz CT molecular complexity index is 341. The maximum Gasteiger partial charge on any atom is 0.222 e. The van der Waals surface area contributed by atoms with Gasteiger partial charge in [0.1, 0.15) is 12.1 Å². The Hall–Kier alpha value is -1.32. The summed E-state index contributed by atoms with van der Waals surface area (Å²) in [5.74, 6) is 1.61. The summed E-state index contributed by atoms with van der Waals surface area (Å²) in [5, 5.41) is 3.24. The van der Waals surface area contributed by atoms with Crippen molar-refractivity contribution in [1.29, 1.82) is 0 Å². The highest BCUT2D eigenvalue weighted by atomic mass is 16.5. The maximum absolute atomic E-state index is 5.87. The summed E-state index contributed by atoms with van der Waals surface area (Å²) in [4.78, 5) is 8.49. The summed E-state index contributed by atoms with van der Waals surface area (Å²) >= 11 is 0. The minimum atomic E-state index is 0.203. The average Bonchev–Trinajstić information content (AvgIpc) is 2.30. The fraction of sp³-hybridized carbons (Fsp3) is 0.692. The van der Waals surface area contributed by atoms with E-state index in [1.54, 1.807) is 6.33 Å². The van der Waals surface area contributed by atoms with Gasteiger partial charge in [-0.1, -0.05) is 20.3 Å². The lowest BCUT2D eigenvalue weighted by atomic mass is 10.2. The number of anilines is 1. The van der Waals surface area contributed by atoms with Gasteiger partial charge >= 0.3 is 0 Å². The van der Waals surface area contributed by atoms with Gasteiger partial charge < -0.3 is 10.1 Å². The monoisotopic (exact) mass is 237 g/mol. The second-order valence-corrected chi connectivity index (χ2v) is 4.11. The van der Waals surface area contributed by atoms with Crippen molar-refractivity contribution in [2.75, 3.05) is 11.9 Å². The van der Waals surface area contributed by atoms with Gasteiger partial charge in [-0.3, -0.25) is 0 Å². The summed E-state index contributed by atoms with van der Waals surface area (Å²) < 4.78 is 5.87. The van der Waals surface area contributed by atoms with Gasteiger partial charge in [0.15, 0.2) is 0 Å². The zero-order valence-corrected chi connectivity index (χ0v) is 11.3. The topological polar surface area (TPSA) is 47.0 Å². The van der Waals surface area contributed by atoms with Gasteiger partial charge in [0, 0.05) is 6.54 Å². The lowest BCUT2D eigenvalue weighted by Gasteiger charge is -2.17. The number of nitrogens with zero attached hydrogens (tertiary/aromatic N) is 2. The molecule has 1 aromatic rings. The number of hydrogen-bond donors (Lipinski definition) is 1. The highest BCUT2D eigenvalue weighted by Crippen LogP contribution is 2.23. The van der Waals surface area contributed by atoms with E-state index in [1.807, 2.05) is 0 Å². The van der Waals surface area contributed by atoms with Crippen LogP contribution >= 0.6 is 0 Å². The molecule has 0 radical (unpaired) electrons. The normalized spacial score (nSPS) is 12.2. The molecule has 1 heterocycles. The second-order valence-electron chi connectivity index (χ2n) is 4.11. The van der Waals surface area contributed by atoms with Crippen molar-refractivity contribution in [3.05, 3.63) is 11.9 Å². The van der Waals surface area contributed by atoms with Crippen LogP contribution in [0.2, 0.25) is 0 Å². The van der Waals surface area contributed by atoms with Gasteiger partial charge in [0.2, 0.25) is 5.88 Å². The van der Waals surface area contributed by atoms with Crippen molar-refractivity contribution in [1.82, 2.24) is 9.97 Å². The highest BCUT2D eigenvalue weighted by Gasteiger charge is 2.12. The SMILES string of the molecule is CCCC(C)Oc1ncnc(NCC)c1CC. The summed E-state index contributed by atoms with van der Waals surface area (Å²) in [6.45, 7) is 9.25. The number of hydrogen-bond acceptors (Lipinski definition) is 4. The molecule has 0 fully saturated rings. The zero-order chi connectivity index (χ0) is 12.7. The van der Waals surface area contributed by atoms with Crippen LogP contribution in [0.4, 0.5) is 5.82 Å². The Labute approximate surface area is 104 Å². The van der Waals surface area contributed by atoms with Gasteiger partial charge in [-0.15, -0.1) is 0 Å². The molecule has 0 aliphatic rings. The second kappa shape index (κ2) is 7.09. The average molecular weight is 237 g/mol. The number of aromatic nitrogens is 2. The van der Waals surface area contributed by atoms with E-state index >= 15 is 0 Å². The highest BCUT2D eigenvalue weighted by molar-refractivity contribution is 5.48. The molecule has 1 unspecified atom stereocenters. The molecular weight excluding hydrogens is 214 g/mol. The predicted octanol–water partition coefficient (Wildman–Crippen LogP) is 3.04. The van der Waals surface area contributed by atoms with E-state index in [0.717, 1.165) is 43.1 Å². The van der Waals surface area contributed by atoms with E-state index in [4.69, 9.17) is 4.74 Å². The lowest BCUT2D eigenvalue weighted by Crippen LogP contribution is -2.15. The van der Waals surface area contributed by atoms with Crippen LogP contribution in [0, 0.1) is 0 Å². The van der Waals surface area contributed by atoms with Gasteiger partial charge in [-0.05, 0) is 26.7 Å². The molecule has 1 rings (SSSR count). The molecule has 1 aromatic heterocycles. The van der Waals surface area contributed by atoms with Crippen LogP contribution in [0.25, 0.3) is 0 Å². The molecule has 0 amide bonds. The third-order valence-corrected chi connectivity index (χ3v) is 2.61. The smallest absolute Gasteiger partial charge is 0.222 e. The molecular formula is C13H23N3O. The van der Waals surface area contributed by atoms with Gasteiger partial charge in [0.25, 0.3) is 0 Å². The van der Waals surface area contributed by atoms with Crippen molar-refractivity contribution in [3.8, 4) is 5.88 Å². The Morgan fingerprint density at radius 1 is 1.29 bits per heavy atom. The minimum Gasteiger partial charge on any atom is -0.474 e. The van der Waals surface area contributed by atoms with Crippen LogP contribution in [0.3, 0.4) is 0 Å². The lowest BCUT2D eigenvalue weighted by molar-refractivity contribution is 0.199.